The van der Waals surface area contributed by atoms with Crippen LogP contribution < -0.4 is 5.32 Å². The Hall–Kier alpha value is -1.08. The first-order valence-corrected chi connectivity index (χ1v) is 6.60. The number of hydrogen-bond donors (Lipinski definition) is 1. The molecule has 0 aromatic heterocycles. The Labute approximate surface area is 103 Å². The number of carbonyl (C=O) groups excluding carboxylic acids is 1. The smallest absolute Gasteiger partial charge is 0.242 e. The van der Waals surface area contributed by atoms with Crippen molar-refractivity contribution in [2.75, 3.05) is 13.1 Å². The van der Waals surface area contributed by atoms with Crippen molar-refractivity contribution in [3.8, 4) is 6.07 Å². The normalized spacial score (nSPS) is 28.5. The molecule has 0 aromatic rings. The van der Waals surface area contributed by atoms with Crippen molar-refractivity contribution in [3.05, 3.63) is 0 Å². The number of nitriles is 1. The maximum Gasteiger partial charge on any atom is 0.242 e. The van der Waals surface area contributed by atoms with E-state index in [0.717, 1.165) is 38.6 Å². The third-order valence-corrected chi connectivity index (χ3v) is 3.80. The molecule has 1 N–H and O–H groups in total. The highest BCUT2D eigenvalue weighted by atomic mass is 16.2. The summed E-state index contributed by atoms with van der Waals surface area (Å²) in [5.41, 5.74) is -0.393. The lowest BCUT2D eigenvalue weighted by Crippen LogP contribution is -2.58. The van der Waals surface area contributed by atoms with Crippen molar-refractivity contribution < 1.29 is 4.79 Å². The summed E-state index contributed by atoms with van der Waals surface area (Å²) in [5, 5.41) is 12.0. The van der Waals surface area contributed by atoms with Crippen LogP contribution in [0.2, 0.25) is 0 Å². The highest BCUT2D eigenvalue weighted by Crippen LogP contribution is 2.31. The minimum Gasteiger partial charge on any atom is -0.337 e. The van der Waals surface area contributed by atoms with Gasteiger partial charge in [-0.1, -0.05) is 0 Å². The van der Waals surface area contributed by atoms with E-state index in [4.69, 9.17) is 5.26 Å². The molecule has 1 saturated carbocycles. The average molecular weight is 235 g/mol. The number of carbonyl (C=O) groups is 1. The molecule has 94 valence electrons. The molecule has 0 bridgehead atoms. The van der Waals surface area contributed by atoms with Gasteiger partial charge in [0, 0.05) is 12.6 Å². The van der Waals surface area contributed by atoms with Crippen LogP contribution >= 0.6 is 0 Å². The maximum absolute atomic E-state index is 12.6. The van der Waals surface area contributed by atoms with Gasteiger partial charge in [0.2, 0.25) is 5.91 Å². The van der Waals surface area contributed by atoms with E-state index in [-0.39, 0.29) is 5.91 Å². The lowest BCUT2D eigenvalue weighted by atomic mass is 9.89. The van der Waals surface area contributed by atoms with E-state index >= 15 is 0 Å². The van der Waals surface area contributed by atoms with Gasteiger partial charge in [0.05, 0.1) is 18.0 Å². The van der Waals surface area contributed by atoms with Crippen LogP contribution in [0.25, 0.3) is 0 Å². The molecule has 1 saturated heterocycles. The molecule has 0 spiro atoms. The van der Waals surface area contributed by atoms with Crippen molar-refractivity contribution in [2.45, 2.75) is 57.0 Å². The fourth-order valence-corrected chi connectivity index (χ4v) is 2.56. The summed E-state index contributed by atoms with van der Waals surface area (Å²) in [4.78, 5) is 14.5. The molecule has 17 heavy (non-hydrogen) atoms. The number of rotatable bonds is 4. The Kier molecular flexibility index (Phi) is 3.68. The number of hydrogen-bond acceptors (Lipinski definition) is 3. The summed E-state index contributed by atoms with van der Waals surface area (Å²) >= 11 is 0. The van der Waals surface area contributed by atoms with Crippen LogP contribution in [0.15, 0.2) is 0 Å². The molecule has 1 aliphatic heterocycles. The monoisotopic (exact) mass is 235 g/mol. The van der Waals surface area contributed by atoms with E-state index < -0.39 is 5.54 Å². The van der Waals surface area contributed by atoms with Crippen molar-refractivity contribution in [3.63, 3.8) is 0 Å². The largest absolute Gasteiger partial charge is 0.337 e. The number of piperidine rings is 1. The van der Waals surface area contributed by atoms with Crippen LogP contribution in [0.4, 0.5) is 0 Å². The predicted molar refractivity (Wildman–Crippen MR) is 65.2 cm³/mol. The van der Waals surface area contributed by atoms with Gasteiger partial charge in [-0.25, -0.2) is 0 Å². The van der Waals surface area contributed by atoms with Gasteiger partial charge < -0.3 is 10.2 Å². The van der Waals surface area contributed by atoms with Crippen molar-refractivity contribution in [1.29, 1.82) is 5.26 Å². The summed E-state index contributed by atoms with van der Waals surface area (Å²) in [7, 11) is 0. The first-order chi connectivity index (χ1) is 8.17. The predicted octanol–water partition coefficient (Wildman–Crippen LogP) is 1.42. The molecular weight excluding hydrogens is 214 g/mol. The zero-order valence-electron chi connectivity index (χ0n) is 10.5. The zero-order chi connectivity index (χ0) is 12.3. The molecule has 4 nitrogen and oxygen atoms in total. The van der Waals surface area contributed by atoms with Crippen LogP contribution in [0.3, 0.4) is 0 Å². The van der Waals surface area contributed by atoms with Crippen molar-refractivity contribution >= 4 is 5.91 Å². The molecule has 1 unspecified atom stereocenters. The van der Waals surface area contributed by atoms with Gasteiger partial charge in [0.25, 0.3) is 0 Å². The summed E-state index contributed by atoms with van der Waals surface area (Å²) in [6.45, 7) is 3.53. The highest BCUT2D eigenvalue weighted by molar-refractivity contribution is 5.86. The Morgan fingerprint density at radius 2 is 2.29 bits per heavy atom. The number of nitrogens with zero attached hydrogens (tertiary/aromatic N) is 2. The van der Waals surface area contributed by atoms with Gasteiger partial charge in [0.15, 0.2) is 0 Å². The van der Waals surface area contributed by atoms with Crippen molar-refractivity contribution in [2.24, 2.45) is 0 Å². The molecule has 2 fully saturated rings. The quantitative estimate of drug-likeness (QED) is 0.802. The Balaban J connectivity index is 2.01. The molecule has 4 heteroatoms. The molecule has 1 atom stereocenters. The first kappa shape index (κ1) is 12.4. The maximum atomic E-state index is 12.6. The van der Waals surface area contributed by atoms with Gasteiger partial charge in [-0.2, -0.15) is 5.26 Å². The highest BCUT2D eigenvalue weighted by Gasteiger charge is 2.42. The molecule has 1 amide bonds. The molecule has 0 aromatic carbocycles. The van der Waals surface area contributed by atoms with E-state index in [1.165, 1.54) is 0 Å². The molecule has 2 aliphatic rings. The third kappa shape index (κ3) is 2.78. The van der Waals surface area contributed by atoms with E-state index in [2.05, 4.69) is 11.4 Å². The van der Waals surface area contributed by atoms with Gasteiger partial charge in [-0.3, -0.25) is 4.79 Å². The van der Waals surface area contributed by atoms with Gasteiger partial charge in [0.1, 0.15) is 0 Å². The van der Waals surface area contributed by atoms with Crippen LogP contribution in [0.1, 0.15) is 45.4 Å². The second-order valence-electron chi connectivity index (χ2n) is 5.35. The van der Waals surface area contributed by atoms with Crippen LogP contribution in [0.5, 0.6) is 0 Å². The topological polar surface area (TPSA) is 56.1 Å². The fraction of sp³-hybridized carbons (Fsp3) is 0.846. The standard InChI is InChI=1S/C13H21N3O/c1-13(7-2-3-9-15-13)12(17)16(10-4-8-14)11-5-6-11/h11,15H,2-7,9-10H2,1H3. The van der Waals surface area contributed by atoms with Crippen LogP contribution in [-0.4, -0.2) is 35.5 Å². The van der Waals surface area contributed by atoms with E-state index in [9.17, 15) is 4.79 Å². The molecule has 1 aliphatic carbocycles. The Bertz CT molecular complexity index is 324. The molecular formula is C13H21N3O. The summed E-state index contributed by atoms with van der Waals surface area (Å²) < 4.78 is 0. The number of nitrogens with one attached hydrogen (secondary N) is 1. The van der Waals surface area contributed by atoms with Crippen LogP contribution in [-0.2, 0) is 4.79 Å². The molecule has 0 radical (unpaired) electrons. The van der Waals surface area contributed by atoms with Gasteiger partial charge in [-0.15, -0.1) is 0 Å². The van der Waals surface area contributed by atoms with Gasteiger partial charge >= 0.3 is 0 Å². The van der Waals surface area contributed by atoms with E-state index in [1.807, 2.05) is 11.8 Å². The lowest BCUT2D eigenvalue weighted by Gasteiger charge is -2.38. The first-order valence-electron chi connectivity index (χ1n) is 6.60. The minimum atomic E-state index is -0.393. The van der Waals surface area contributed by atoms with E-state index in [1.54, 1.807) is 0 Å². The van der Waals surface area contributed by atoms with Gasteiger partial charge in [-0.05, 0) is 45.6 Å². The molecule has 2 rings (SSSR count). The minimum absolute atomic E-state index is 0.204. The Morgan fingerprint density at radius 1 is 1.53 bits per heavy atom. The van der Waals surface area contributed by atoms with Crippen LogP contribution in [0, 0.1) is 11.3 Å². The average Bonchev–Trinajstić information content (AvgIpc) is 3.15. The second-order valence-corrected chi connectivity index (χ2v) is 5.35. The second kappa shape index (κ2) is 5.05. The summed E-state index contributed by atoms with van der Waals surface area (Å²) in [6, 6.07) is 2.54. The fourth-order valence-electron chi connectivity index (χ4n) is 2.56. The third-order valence-electron chi connectivity index (χ3n) is 3.80. The summed E-state index contributed by atoms with van der Waals surface area (Å²) in [6.07, 6.45) is 5.84. The Morgan fingerprint density at radius 3 is 2.82 bits per heavy atom. The summed E-state index contributed by atoms with van der Waals surface area (Å²) in [5.74, 6) is 0.204. The SMILES string of the molecule is CC1(C(=O)N(CCC#N)C2CC2)CCCCN1. The number of amides is 1. The zero-order valence-corrected chi connectivity index (χ0v) is 10.5. The van der Waals surface area contributed by atoms with E-state index in [0.29, 0.717) is 19.0 Å². The lowest BCUT2D eigenvalue weighted by molar-refractivity contribution is -0.139. The molecule has 1 heterocycles. The van der Waals surface area contributed by atoms with Crippen molar-refractivity contribution in [1.82, 2.24) is 10.2 Å².